The molecule has 1 aromatic heterocycles. The fourth-order valence-corrected chi connectivity index (χ4v) is 2.97. The summed E-state index contributed by atoms with van der Waals surface area (Å²) in [6.45, 7) is 1.70. The van der Waals surface area contributed by atoms with Gasteiger partial charge >= 0.3 is 0 Å². The Labute approximate surface area is 120 Å². The molecule has 2 heterocycles. The van der Waals surface area contributed by atoms with Gasteiger partial charge in [0.25, 0.3) is 0 Å². The Balaban J connectivity index is 0.00000133. The van der Waals surface area contributed by atoms with Crippen LogP contribution in [0.3, 0.4) is 0 Å². The monoisotopic (exact) mass is 280 g/mol. The zero-order valence-electron chi connectivity index (χ0n) is 11.2. The number of aromatic nitrogens is 1. The fraction of sp³-hybridized carbons (Fsp3) is 0.467. The molecule has 1 saturated heterocycles. The maximum absolute atomic E-state index is 6.48. The second-order valence-corrected chi connectivity index (χ2v) is 5.19. The van der Waals surface area contributed by atoms with Gasteiger partial charge in [0.2, 0.25) is 0 Å². The summed E-state index contributed by atoms with van der Waals surface area (Å²) in [6.07, 6.45) is 4.33. The van der Waals surface area contributed by atoms with E-state index in [4.69, 9.17) is 10.5 Å². The van der Waals surface area contributed by atoms with Gasteiger partial charge in [-0.15, -0.1) is 12.4 Å². The van der Waals surface area contributed by atoms with Crippen molar-refractivity contribution in [3.8, 4) is 0 Å². The van der Waals surface area contributed by atoms with Crippen LogP contribution in [0.5, 0.6) is 0 Å². The lowest BCUT2D eigenvalue weighted by molar-refractivity contribution is 0.0585. The molecule has 2 N–H and O–H groups in total. The number of nitrogens with zero attached hydrogens (tertiary/aromatic N) is 1. The Kier molecular flexibility index (Phi) is 4.50. The zero-order valence-corrected chi connectivity index (χ0v) is 12.0. The molecule has 3 rings (SSSR count). The summed E-state index contributed by atoms with van der Waals surface area (Å²) in [4.78, 5) is 0. The third-order valence-corrected chi connectivity index (χ3v) is 4.06. The van der Waals surface area contributed by atoms with Gasteiger partial charge in [-0.1, -0.05) is 18.2 Å². The van der Waals surface area contributed by atoms with Crippen molar-refractivity contribution in [1.29, 1.82) is 0 Å². The molecule has 1 fully saturated rings. The molecule has 1 aliphatic rings. The average molecular weight is 281 g/mol. The Morgan fingerprint density at radius 1 is 1.26 bits per heavy atom. The van der Waals surface area contributed by atoms with Crippen molar-refractivity contribution in [2.24, 2.45) is 18.7 Å². The molecule has 0 bridgehead atoms. The van der Waals surface area contributed by atoms with Crippen molar-refractivity contribution in [2.75, 3.05) is 13.2 Å². The van der Waals surface area contributed by atoms with Crippen molar-refractivity contribution in [1.82, 2.24) is 4.57 Å². The van der Waals surface area contributed by atoms with Gasteiger partial charge < -0.3 is 15.0 Å². The molecule has 0 radical (unpaired) electrons. The summed E-state index contributed by atoms with van der Waals surface area (Å²) in [6, 6.07) is 8.61. The number of halogens is 1. The summed E-state index contributed by atoms with van der Waals surface area (Å²) < 4.78 is 7.59. The molecule has 2 aromatic rings. The molecule has 0 unspecified atom stereocenters. The lowest BCUT2D eigenvalue weighted by Gasteiger charge is -2.27. The van der Waals surface area contributed by atoms with Gasteiger partial charge in [-0.2, -0.15) is 0 Å². The summed E-state index contributed by atoms with van der Waals surface area (Å²) in [5.74, 6) is 0.546. The highest BCUT2D eigenvalue weighted by molar-refractivity contribution is 5.85. The first kappa shape index (κ1) is 14.4. The van der Waals surface area contributed by atoms with E-state index in [9.17, 15) is 0 Å². The second-order valence-electron chi connectivity index (χ2n) is 5.19. The van der Waals surface area contributed by atoms with Crippen LogP contribution in [0.1, 0.15) is 24.4 Å². The minimum absolute atomic E-state index is 0. The van der Waals surface area contributed by atoms with Crippen LogP contribution in [0.25, 0.3) is 10.9 Å². The highest BCUT2D eigenvalue weighted by Gasteiger charge is 2.24. The molecule has 0 amide bonds. The molecule has 4 heteroatoms. The average Bonchev–Trinajstić information content (AvgIpc) is 2.77. The smallest absolute Gasteiger partial charge is 0.0481 e. The SMILES string of the molecule is Cl.Cn1cc([C@@H](N)C2CCOCC2)c2ccccc21. The summed E-state index contributed by atoms with van der Waals surface area (Å²) in [5, 5.41) is 1.29. The van der Waals surface area contributed by atoms with Crippen molar-refractivity contribution in [3.63, 3.8) is 0 Å². The molecule has 0 saturated carbocycles. The van der Waals surface area contributed by atoms with Gasteiger partial charge in [0.05, 0.1) is 0 Å². The molecular formula is C15H21ClN2O. The van der Waals surface area contributed by atoms with Crippen LogP contribution in [0.2, 0.25) is 0 Å². The zero-order chi connectivity index (χ0) is 12.5. The lowest BCUT2D eigenvalue weighted by Crippen LogP contribution is -2.27. The largest absolute Gasteiger partial charge is 0.381 e. The lowest BCUT2D eigenvalue weighted by atomic mass is 9.88. The van der Waals surface area contributed by atoms with Gasteiger partial charge in [0, 0.05) is 43.4 Å². The number of rotatable bonds is 2. The van der Waals surface area contributed by atoms with Gasteiger partial charge in [0.1, 0.15) is 0 Å². The Morgan fingerprint density at radius 2 is 1.95 bits per heavy atom. The number of ether oxygens (including phenoxy) is 1. The highest BCUT2D eigenvalue weighted by Crippen LogP contribution is 2.33. The summed E-state index contributed by atoms with van der Waals surface area (Å²) in [5.41, 5.74) is 9.02. The van der Waals surface area contributed by atoms with Crippen LogP contribution in [-0.4, -0.2) is 17.8 Å². The van der Waals surface area contributed by atoms with Crippen LogP contribution in [0.15, 0.2) is 30.5 Å². The number of benzene rings is 1. The Hall–Kier alpha value is -1.03. The van der Waals surface area contributed by atoms with Gasteiger partial charge in [0.15, 0.2) is 0 Å². The quantitative estimate of drug-likeness (QED) is 0.919. The van der Waals surface area contributed by atoms with Gasteiger partial charge in [-0.25, -0.2) is 0 Å². The van der Waals surface area contributed by atoms with Crippen molar-refractivity contribution in [3.05, 3.63) is 36.0 Å². The van der Waals surface area contributed by atoms with Crippen molar-refractivity contribution >= 4 is 23.3 Å². The summed E-state index contributed by atoms with van der Waals surface area (Å²) >= 11 is 0. The standard InChI is InChI=1S/C15H20N2O.ClH/c1-17-10-13(12-4-2-3-5-14(12)17)15(16)11-6-8-18-9-7-11;/h2-5,10-11,15H,6-9,16H2,1H3;1H/t15-;/m0./s1. The molecular weight excluding hydrogens is 260 g/mol. The van der Waals surface area contributed by atoms with Crippen LogP contribution in [0.4, 0.5) is 0 Å². The predicted octanol–water partition coefficient (Wildman–Crippen LogP) is 3.03. The van der Waals surface area contributed by atoms with E-state index in [1.807, 2.05) is 0 Å². The topological polar surface area (TPSA) is 40.2 Å². The fourth-order valence-electron chi connectivity index (χ4n) is 2.97. The van der Waals surface area contributed by atoms with Gasteiger partial charge in [-0.3, -0.25) is 0 Å². The van der Waals surface area contributed by atoms with E-state index in [0.717, 1.165) is 26.1 Å². The number of hydrogen-bond donors (Lipinski definition) is 1. The third-order valence-electron chi connectivity index (χ3n) is 4.06. The number of aryl methyl sites for hydroxylation is 1. The number of para-hydroxylation sites is 1. The van der Waals surface area contributed by atoms with Gasteiger partial charge in [-0.05, 0) is 30.4 Å². The van der Waals surface area contributed by atoms with Crippen LogP contribution < -0.4 is 5.73 Å². The molecule has 1 aromatic carbocycles. The van der Waals surface area contributed by atoms with E-state index in [1.165, 1.54) is 16.5 Å². The van der Waals surface area contributed by atoms with E-state index >= 15 is 0 Å². The molecule has 19 heavy (non-hydrogen) atoms. The van der Waals surface area contributed by atoms with E-state index in [-0.39, 0.29) is 18.4 Å². The number of nitrogens with two attached hydrogens (primary N) is 1. The van der Waals surface area contributed by atoms with Crippen molar-refractivity contribution in [2.45, 2.75) is 18.9 Å². The van der Waals surface area contributed by atoms with Crippen LogP contribution in [0, 0.1) is 5.92 Å². The minimum Gasteiger partial charge on any atom is -0.381 e. The molecule has 104 valence electrons. The first-order valence-corrected chi connectivity index (χ1v) is 6.64. The van der Waals surface area contributed by atoms with E-state index in [2.05, 4.69) is 42.1 Å². The number of hydrogen-bond acceptors (Lipinski definition) is 2. The Bertz CT molecular complexity index is 546. The molecule has 1 aliphatic heterocycles. The molecule has 0 aliphatic carbocycles. The summed E-state index contributed by atoms with van der Waals surface area (Å²) in [7, 11) is 2.09. The second kappa shape index (κ2) is 5.95. The minimum atomic E-state index is 0. The highest BCUT2D eigenvalue weighted by atomic mass is 35.5. The first-order chi connectivity index (χ1) is 8.77. The first-order valence-electron chi connectivity index (χ1n) is 6.64. The molecule has 1 atom stereocenters. The van der Waals surface area contributed by atoms with E-state index < -0.39 is 0 Å². The van der Waals surface area contributed by atoms with E-state index in [1.54, 1.807) is 0 Å². The van der Waals surface area contributed by atoms with Crippen molar-refractivity contribution < 1.29 is 4.74 Å². The van der Waals surface area contributed by atoms with Crippen LogP contribution in [-0.2, 0) is 11.8 Å². The molecule has 3 nitrogen and oxygen atoms in total. The Morgan fingerprint density at radius 3 is 2.68 bits per heavy atom. The maximum Gasteiger partial charge on any atom is 0.0481 e. The van der Waals surface area contributed by atoms with Crippen LogP contribution >= 0.6 is 12.4 Å². The predicted molar refractivity (Wildman–Crippen MR) is 80.6 cm³/mol. The number of fused-ring (bicyclic) bond motifs is 1. The third kappa shape index (κ3) is 2.64. The maximum atomic E-state index is 6.48. The normalized spacial score (nSPS) is 18.2. The molecule has 0 spiro atoms. The van der Waals surface area contributed by atoms with E-state index in [0.29, 0.717) is 5.92 Å².